The quantitative estimate of drug-likeness (QED) is 0.439. The van der Waals surface area contributed by atoms with Gasteiger partial charge >= 0.3 is 5.97 Å². The lowest BCUT2D eigenvalue weighted by Crippen LogP contribution is -2.47. The van der Waals surface area contributed by atoms with E-state index in [1.165, 1.54) is 4.90 Å². The molecule has 2 aromatic rings. The van der Waals surface area contributed by atoms with Crippen molar-refractivity contribution in [2.45, 2.75) is 64.9 Å². The van der Waals surface area contributed by atoms with Crippen LogP contribution >= 0.6 is 9.24 Å². The van der Waals surface area contributed by atoms with E-state index in [1.807, 2.05) is 76.2 Å². The van der Waals surface area contributed by atoms with Crippen molar-refractivity contribution < 1.29 is 14.7 Å². The predicted octanol–water partition coefficient (Wildman–Crippen LogP) is 5.25. The topological polar surface area (TPSA) is 107 Å². The number of rotatable bonds is 10. The van der Waals surface area contributed by atoms with Gasteiger partial charge in [-0.25, -0.2) is 15.2 Å². The summed E-state index contributed by atoms with van der Waals surface area (Å²) in [5.74, 6) is -0.675. The van der Waals surface area contributed by atoms with E-state index >= 15 is 0 Å². The SMILES string of the molecule is CCCCC(=O)N(Cc1ccc(-c2ccccc2C2=NC(C)(P)N=NN2)cc1)C(C(=O)O)C(C)C. The number of aliphatic carboxylic acids is 1. The van der Waals surface area contributed by atoms with Crippen LogP contribution in [0.15, 0.2) is 63.9 Å². The van der Waals surface area contributed by atoms with E-state index < -0.39 is 17.4 Å². The largest absolute Gasteiger partial charge is 0.480 e. The summed E-state index contributed by atoms with van der Waals surface area (Å²) in [4.78, 5) is 31.1. The Morgan fingerprint density at radius 2 is 1.77 bits per heavy atom. The number of hydrogen-bond acceptors (Lipinski definition) is 6. The molecule has 1 heterocycles. The lowest BCUT2D eigenvalue weighted by molar-refractivity contribution is -0.153. The molecule has 0 bridgehead atoms. The smallest absolute Gasteiger partial charge is 0.326 e. The third-order valence-electron chi connectivity index (χ3n) is 5.83. The summed E-state index contributed by atoms with van der Waals surface area (Å²) in [6, 6.07) is 14.9. The molecule has 35 heavy (non-hydrogen) atoms. The van der Waals surface area contributed by atoms with Crippen LogP contribution in [0.25, 0.3) is 11.1 Å². The van der Waals surface area contributed by atoms with E-state index in [0.717, 1.165) is 35.1 Å². The molecule has 1 aliphatic heterocycles. The van der Waals surface area contributed by atoms with E-state index in [0.29, 0.717) is 12.3 Å². The second-order valence-electron chi connectivity index (χ2n) is 9.26. The van der Waals surface area contributed by atoms with E-state index in [1.54, 1.807) is 0 Å². The molecule has 1 amide bonds. The van der Waals surface area contributed by atoms with Gasteiger partial charge in [0.2, 0.25) is 5.91 Å². The number of carboxylic acid groups (broad SMARTS) is 1. The van der Waals surface area contributed by atoms with Crippen LogP contribution in [0.5, 0.6) is 0 Å². The van der Waals surface area contributed by atoms with Crippen molar-refractivity contribution in [1.29, 1.82) is 0 Å². The number of amides is 1. The zero-order valence-electron chi connectivity index (χ0n) is 20.7. The van der Waals surface area contributed by atoms with E-state index in [4.69, 9.17) is 0 Å². The molecule has 0 aliphatic carbocycles. The van der Waals surface area contributed by atoms with Gasteiger partial charge in [0.15, 0.2) is 11.2 Å². The Hall–Kier alpha value is -3.12. The van der Waals surface area contributed by atoms with Gasteiger partial charge in [0.1, 0.15) is 6.04 Å². The second kappa shape index (κ2) is 11.5. The number of amidine groups is 1. The van der Waals surface area contributed by atoms with Crippen LogP contribution in [0.3, 0.4) is 0 Å². The Morgan fingerprint density at radius 1 is 1.11 bits per heavy atom. The van der Waals surface area contributed by atoms with Crippen LogP contribution in [0.1, 0.15) is 58.1 Å². The summed E-state index contributed by atoms with van der Waals surface area (Å²) >= 11 is 0. The first kappa shape index (κ1) is 26.5. The van der Waals surface area contributed by atoms with E-state index in [9.17, 15) is 14.7 Å². The number of carboxylic acids is 1. The summed E-state index contributed by atoms with van der Waals surface area (Å²) in [7, 11) is 2.58. The minimum absolute atomic E-state index is 0.126. The van der Waals surface area contributed by atoms with Crippen molar-refractivity contribution in [3.05, 3.63) is 59.7 Å². The van der Waals surface area contributed by atoms with Crippen LogP contribution in [0, 0.1) is 5.92 Å². The maximum atomic E-state index is 12.9. The molecular weight excluding hydrogens is 461 g/mol. The van der Waals surface area contributed by atoms with Crippen molar-refractivity contribution in [2.24, 2.45) is 21.2 Å². The highest BCUT2D eigenvalue weighted by Crippen LogP contribution is 2.29. The van der Waals surface area contributed by atoms with Gasteiger partial charge in [-0.05, 0) is 36.0 Å². The number of unbranched alkanes of at least 4 members (excludes halogenated alkanes) is 1. The molecule has 0 spiro atoms. The van der Waals surface area contributed by atoms with Crippen LogP contribution in [0.4, 0.5) is 0 Å². The number of nitrogens with one attached hydrogen (secondary N) is 1. The van der Waals surface area contributed by atoms with Crippen molar-refractivity contribution in [3.8, 4) is 11.1 Å². The fourth-order valence-electron chi connectivity index (χ4n) is 4.09. The van der Waals surface area contributed by atoms with Gasteiger partial charge in [0.25, 0.3) is 0 Å². The van der Waals surface area contributed by atoms with Gasteiger partial charge in [-0.15, -0.1) is 5.11 Å². The van der Waals surface area contributed by atoms with Crippen molar-refractivity contribution in [3.63, 3.8) is 0 Å². The van der Waals surface area contributed by atoms with Crippen LogP contribution < -0.4 is 5.43 Å². The first-order valence-electron chi connectivity index (χ1n) is 11.9. The highest BCUT2D eigenvalue weighted by atomic mass is 31.0. The second-order valence-corrected chi connectivity index (χ2v) is 10.4. The number of carbonyl (C=O) groups is 2. The minimum Gasteiger partial charge on any atom is -0.480 e. The summed E-state index contributed by atoms with van der Waals surface area (Å²) in [5.41, 5.74) is 6.62. The Labute approximate surface area is 209 Å². The number of aliphatic imine (C=N–C) groups is 1. The average Bonchev–Trinajstić information content (AvgIpc) is 2.81. The monoisotopic (exact) mass is 495 g/mol. The number of carbonyl (C=O) groups excluding carboxylic acids is 1. The van der Waals surface area contributed by atoms with Gasteiger partial charge in [0.05, 0.1) is 0 Å². The fourth-order valence-corrected chi connectivity index (χ4v) is 4.27. The van der Waals surface area contributed by atoms with Crippen molar-refractivity contribution in [2.75, 3.05) is 0 Å². The molecule has 3 unspecified atom stereocenters. The van der Waals surface area contributed by atoms with Crippen LogP contribution in [-0.2, 0) is 16.1 Å². The zero-order valence-corrected chi connectivity index (χ0v) is 21.9. The van der Waals surface area contributed by atoms with Crippen molar-refractivity contribution >= 4 is 27.0 Å². The maximum absolute atomic E-state index is 12.9. The third-order valence-corrected chi connectivity index (χ3v) is 6.08. The number of nitrogens with zero attached hydrogens (tertiary/aromatic N) is 4. The Kier molecular flexibility index (Phi) is 8.73. The molecule has 3 rings (SSSR count). The summed E-state index contributed by atoms with van der Waals surface area (Å²) in [6.07, 6.45) is 1.96. The molecule has 0 saturated heterocycles. The molecule has 0 saturated carbocycles. The molecule has 0 radical (unpaired) electrons. The Bertz CT molecular complexity index is 1110. The zero-order chi connectivity index (χ0) is 25.6. The summed E-state index contributed by atoms with van der Waals surface area (Å²) < 4.78 is 0. The molecule has 186 valence electrons. The molecule has 8 nitrogen and oxygen atoms in total. The number of hydrogen-bond donors (Lipinski definition) is 2. The van der Waals surface area contributed by atoms with Gasteiger partial charge in [-0.3, -0.25) is 4.79 Å². The summed E-state index contributed by atoms with van der Waals surface area (Å²) in [5, 5.41) is 17.2. The number of benzene rings is 2. The molecule has 0 aromatic heterocycles. The third kappa shape index (κ3) is 6.73. The lowest BCUT2D eigenvalue weighted by Gasteiger charge is -2.32. The van der Waals surface area contributed by atoms with E-state index in [2.05, 4.69) is 30.0 Å². The van der Waals surface area contributed by atoms with Gasteiger partial charge in [0, 0.05) is 18.5 Å². The van der Waals surface area contributed by atoms with Gasteiger partial charge in [-0.1, -0.05) is 90.2 Å². The first-order chi connectivity index (χ1) is 16.6. The molecule has 3 atom stereocenters. The lowest BCUT2D eigenvalue weighted by atomic mass is 9.97. The maximum Gasteiger partial charge on any atom is 0.326 e. The van der Waals surface area contributed by atoms with Crippen molar-refractivity contribution in [1.82, 2.24) is 10.3 Å². The Morgan fingerprint density at radius 3 is 2.34 bits per heavy atom. The van der Waals surface area contributed by atoms with E-state index in [-0.39, 0.29) is 18.4 Å². The predicted molar refractivity (Wildman–Crippen MR) is 141 cm³/mol. The minimum atomic E-state index is -0.977. The molecule has 2 N–H and O–H groups in total. The average molecular weight is 496 g/mol. The molecule has 9 heteroatoms. The molecule has 2 aromatic carbocycles. The summed E-state index contributed by atoms with van der Waals surface area (Å²) in [6.45, 7) is 7.79. The first-order valence-corrected chi connectivity index (χ1v) is 12.5. The molecule has 0 fully saturated rings. The highest BCUT2D eigenvalue weighted by Gasteiger charge is 2.32. The normalized spacial score (nSPS) is 18.1. The van der Waals surface area contributed by atoms with Gasteiger partial charge < -0.3 is 10.0 Å². The fraction of sp³-hybridized carbons (Fsp3) is 0.423. The molecular formula is C26H34N5O3P. The van der Waals surface area contributed by atoms with Crippen LogP contribution in [-0.4, -0.2) is 39.2 Å². The van der Waals surface area contributed by atoms with Crippen LogP contribution in [0.2, 0.25) is 0 Å². The highest BCUT2D eigenvalue weighted by molar-refractivity contribution is 7.18. The Balaban J connectivity index is 1.89. The van der Waals surface area contributed by atoms with Gasteiger partial charge in [-0.2, -0.15) is 0 Å². The molecule has 1 aliphatic rings. The standard InChI is InChI=1S/C26H34N5O3P/c1-5-6-11-22(32)31(23(17(2)3)25(33)34)16-18-12-14-19(15-13-18)20-9-7-8-10-21(20)24-27-26(4,35)29-30-28-24/h7-10,12-15,17,23H,5-6,11,16,35H2,1-4H3,(H,33,34)(H,27,28,29).